The molecule has 24 heavy (non-hydrogen) atoms. The second-order valence-electron chi connectivity index (χ2n) is 5.94. The van der Waals surface area contributed by atoms with Gasteiger partial charge in [0.1, 0.15) is 5.69 Å². The van der Waals surface area contributed by atoms with Gasteiger partial charge >= 0.3 is 0 Å². The van der Waals surface area contributed by atoms with Crippen molar-refractivity contribution in [1.82, 2.24) is 10.3 Å². The minimum absolute atomic E-state index is 0.000108. The Hall–Kier alpha value is -2.41. The summed E-state index contributed by atoms with van der Waals surface area (Å²) in [5, 5.41) is 6.00. The van der Waals surface area contributed by atoms with Crippen LogP contribution in [0, 0.1) is 6.92 Å². The number of hydrogen-bond acceptors (Lipinski definition) is 5. The molecule has 1 aliphatic rings. The van der Waals surface area contributed by atoms with Gasteiger partial charge in [0.05, 0.1) is 11.5 Å². The quantitative estimate of drug-likeness (QED) is 0.885. The van der Waals surface area contributed by atoms with Gasteiger partial charge in [-0.15, -0.1) is 0 Å². The lowest BCUT2D eigenvalue weighted by Crippen LogP contribution is -2.36. The molecule has 3 rings (SSSR count). The molecule has 0 bridgehead atoms. The van der Waals surface area contributed by atoms with Gasteiger partial charge in [0, 0.05) is 23.6 Å². The highest BCUT2D eigenvalue weighted by Crippen LogP contribution is 2.20. The molecule has 2 N–H and O–H groups in total. The fourth-order valence-corrected chi connectivity index (χ4v) is 4.34. The van der Waals surface area contributed by atoms with Crippen molar-refractivity contribution in [2.75, 3.05) is 16.8 Å². The van der Waals surface area contributed by atoms with Crippen LogP contribution in [0.2, 0.25) is 0 Å². The van der Waals surface area contributed by atoms with Gasteiger partial charge in [-0.05, 0) is 37.1 Å². The number of nitrogens with one attached hydrogen (secondary N) is 2. The Bertz CT molecular complexity index is 865. The van der Waals surface area contributed by atoms with Gasteiger partial charge in [0.2, 0.25) is 0 Å². The molecule has 1 atom stereocenters. The zero-order valence-electron chi connectivity index (χ0n) is 13.3. The Kier molecular flexibility index (Phi) is 4.53. The van der Waals surface area contributed by atoms with Crippen molar-refractivity contribution in [1.29, 1.82) is 0 Å². The van der Waals surface area contributed by atoms with Crippen molar-refractivity contribution in [3.05, 3.63) is 53.9 Å². The van der Waals surface area contributed by atoms with E-state index in [1.54, 1.807) is 18.3 Å². The van der Waals surface area contributed by atoms with E-state index in [1.165, 1.54) is 0 Å². The second-order valence-corrected chi connectivity index (χ2v) is 8.17. The Morgan fingerprint density at radius 1 is 1.25 bits per heavy atom. The fraction of sp³-hybridized carbons (Fsp3) is 0.294. The predicted octanol–water partition coefficient (Wildman–Crippen LogP) is 2.05. The lowest BCUT2D eigenvalue weighted by Gasteiger charge is -2.12. The maximum absolute atomic E-state index is 12.3. The third-order valence-electron chi connectivity index (χ3n) is 3.98. The molecule has 0 aliphatic carbocycles. The number of pyridine rings is 1. The number of sulfone groups is 1. The summed E-state index contributed by atoms with van der Waals surface area (Å²) >= 11 is 0. The molecule has 1 aromatic heterocycles. The zero-order valence-corrected chi connectivity index (χ0v) is 14.1. The van der Waals surface area contributed by atoms with Crippen LogP contribution in [0.1, 0.15) is 22.5 Å². The van der Waals surface area contributed by atoms with Crippen LogP contribution in [0.3, 0.4) is 0 Å². The monoisotopic (exact) mass is 345 g/mol. The van der Waals surface area contributed by atoms with Gasteiger partial charge in [0.25, 0.3) is 5.91 Å². The summed E-state index contributed by atoms with van der Waals surface area (Å²) in [7, 11) is -3.02. The molecule has 1 unspecified atom stereocenters. The molecule has 1 amide bonds. The number of anilines is 2. The zero-order chi connectivity index (χ0) is 17.2. The minimum Gasteiger partial charge on any atom is -0.355 e. The van der Waals surface area contributed by atoms with Crippen molar-refractivity contribution in [2.24, 2.45) is 0 Å². The smallest absolute Gasteiger partial charge is 0.270 e. The maximum atomic E-state index is 12.3. The van der Waals surface area contributed by atoms with Gasteiger partial charge < -0.3 is 10.6 Å². The van der Waals surface area contributed by atoms with Crippen molar-refractivity contribution in [3.8, 4) is 0 Å². The number of amides is 1. The van der Waals surface area contributed by atoms with E-state index >= 15 is 0 Å². The molecular formula is C17H19N3O3S. The summed E-state index contributed by atoms with van der Waals surface area (Å²) in [6.45, 7) is 2.00. The maximum Gasteiger partial charge on any atom is 0.270 e. The molecule has 7 heteroatoms. The lowest BCUT2D eigenvalue weighted by molar-refractivity contribution is 0.0936. The summed E-state index contributed by atoms with van der Waals surface area (Å²) in [4.78, 5) is 16.4. The molecule has 1 aromatic carbocycles. The number of rotatable bonds is 4. The summed E-state index contributed by atoms with van der Waals surface area (Å²) < 4.78 is 22.9. The van der Waals surface area contributed by atoms with Crippen LogP contribution >= 0.6 is 0 Å². The van der Waals surface area contributed by atoms with Crippen LogP contribution in [0.25, 0.3) is 0 Å². The molecule has 1 saturated heterocycles. The molecule has 0 radical (unpaired) electrons. The van der Waals surface area contributed by atoms with E-state index in [9.17, 15) is 13.2 Å². The number of benzene rings is 1. The largest absolute Gasteiger partial charge is 0.355 e. The Morgan fingerprint density at radius 3 is 2.75 bits per heavy atom. The van der Waals surface area contributed by atoms with Gasteiger partial charge in [0.15, 0.2) is 9.84 Å². The Labute approximate surface area is 141 Å². The standard InChI is InChI=1S/C17H19N3O3S/c1-12-4-2-3-5-15(12)19-13-6-8-18-16(10-13)17(21)20-14-7-9-24(22,23)11-14/h2-6,8,10,14H,7,9,11H2,1H3,(H,18,19)(H,20,21). The summed E-state index contributed by atoms with van der Waals surface area (Å²) in [6, 6.07) is 11.0. The molecule has 1 aliphatic heterocycles. The normalized spacial score (nSPS) is 19.0. The highest BCUT2D eigenvalue weighted by atomic mass is 32.2. The van der Waals surface area contributed by atoms with E-state index in [1.807, 2.05) is 31.2 Å². The van der Waals surface area contributed by atoms with E-state index in [2.05, 4.69) is 15.6 Å². The third-order valence-corrected chi connectivity index (χ3v) is 5.75. The van der Waals surface area contributed by atoms with Crippen molar-refractivity contribution in [3.63, 3.8) is 0 Å². The number of carbonyl (C=O) groups excluding carboxylic acids is 1. The highest BCUT2D eigenvalue weighted by Gasteiger charge is 2.29. The third kappa shape index (κ3) is 3.91. The van der Waals surface area contributed by atoms with Gasteiger partial charge in [-0.25, -0.2) is 8.42 Å². The number of aromatic nitrogens is 1. The summed E-state index contributed by atoms with van der Waals surface area (Å²) in [5.41, 5.74) is 3.06. The van der Waals surface area contributed by atoms with Crippen LogP contribution in [-0.2, 0) is 9.84 Å². The molecule has 1 fully saturated rings. The minimum atomic E-state index is -3.02. The van der Waals surface area contributed by atoms with E-state index in [4.69, 9.17) is 0 Å². The number of nitrogens with zero attached hydrogens (tertiary/aromatic N) is 1. The first kappa shape index (κ1) is 16.4. The summed E-state index contributed by atoms with van der Waals surface area (Å²) in [6.07, 6.45) is 2.01. The van der Waals surface area contributed by atoms with Crippen LogP contribution < -0.4 is 10.6 Å². The molecule has 0 saturated carbocycles. The first-order valence-electron chi connectivity index (χ1n) is 7.73. The average molecular weight is 345 g/mol. The van der Waals surface area contributed by atoms with Crippen molar-refractivity contribution in [2.45, 2.75) is 19.4 Å². The van der Waals surface area contributed by atoms with Crippen LogP contribution in [0.15, 0.2) is 42.6 Å². The lowest BCUT2D eigenvalue weighted by atomic mass is 10.2. The first-order chi connectivity index (χ1) is 11.4. The SMILES string of the molecule is Cc1ccccc1Nc1ccnc(C(=O)NC2CCS(=O)(=O)C2)c1. The van der Waals surface area contributed by atoms with Crippen LogP contribution in [-0.4, -0.2) is 36.9 Å². The van der Waals surface area contributed by atoms with E-state index in [-0.39, 0.29) is 29.1 Å². The number of para-hydroxylation sites is 1. The topological polar surface area (TPSA) is 88.2 Å². The molecule has 2 heterocycles. The highest BCUT2D eigenvalue weighted by molar-refractivity contribution is 7.91. The van der Waals surface area contributed by atoms with Crippen LogP contribution in [0.5, 0.6) is 0 Å². The van der Waals surface area contributed by atoms with Gasteiger partial charge in [-0.3, -0.25) is 9.78 Å². The van der Waals surface area contributed by atoms with Gasteiger partial charge in [-0.1, -0.05) is 18.2 Å². The van der Waals surface area contributed by atoms with Gasteiger partial charge in [-0.2, -0.15) is 0 Å². The fourth-order valence-electron chi connectivity index (χ4n) is 2.67. The Morgan fingerprint density at radius 2 is 2.04 bits per heavy atom. The number of hydrogen-bond donors (Lipinski definition) is 2. The van der Waals surface area contributed by atoms with Crippen molar-refractivity contribution < 1.29 is 13.2 Å². The van der Waals surface area contributed by atoms with Crippen LogP contribution in [0.4, 0.5) is 11.4 Å². The second kappa shape index (κ2) is 6.60. The van der Waals surface area contributed by atoms with E-state index in [0.29, 0.717) is 6.42 Å². The molecule has 0 spiro atoms. The molecule has 2 aromatic rings. The van der Waals surface area contributed by atoms with E-state index < -0.39 is 9.84 Å². The Balaban J connectivity index is 1.71. The first-order valence-corrected chi connectivity index (χ1v) is 9.55. The number of aryl methyl sites for hydroxylation is 1. The molecular weight excluding hydrogens is 326 g/mol. The summed E-state index contributed by atoms with van der Waals surface area (Å²) in [5.74, 6) is -0.231. The predicted molar refractivity (Wildman–Crippen MR) is 93.2 cm³/mol. The number of carbonyl (C=O) groups is 1. The molecule has 126 valence electrons. The molecule has 6 nitrogen and oxygen atoms in total. The van der Waals surface area contributed by atoms with E-state index in [0.717, 1.165) is 16.9 Å². The van der Waals surface area contributed by atoms with Crippen molar-refractivity contribution >= 4 is 27.1 Å². The average Bonchev–Trinajstić information content (AvgIpc) is 2.88.